The molecule has 1 saturated heterocycles. The molecule has 0 aliphatic carbocycles. The lowest BCUT2D eigenvalue weighted by molar-refractivity contribution is 0.0877. The highest BCUT2D eigenvalue weighted by molar-refractivity contribution is 7.98. The van der Waals surface area contributed by atoms with Gasteiger partial charge in [0.05, 0.1) is 24.3 Å². The number of amides is 2. The molecule has 2 atom stereocenters. The van der Waals surface area contributed by atoms with E-state index in [2.05, 4.69) is 15.5 Å². The summed E-state index contributed by atoms with van der Waals surface area (Å²) in [5.41, 5.74) is 2.95. The standard InChI is InChI=1S/C25H25FN4O3S/c1-15-21(24-28-23(29-33-24)17-7-11-20(34-2)12-8-17)22(16-5-9-18(26)10-6-16)27-25(31)30(15)14-19-4-3-13-32-19/h5-12,19,22H,3-4,13-14H2,1-2H3,(H,27,31). The predicted molar refractivity (Wildman–Crippen MR) is 127 cm³/mol. The molecule has 2 unspecified atom stereocenters. The first kappa shape index (κ1) is 22.6. The van der Waals surface area contributed by atoms with E-state index >= 15 is 0 Å². The molecule has 0 spiro atoms. The number of benzene rings is 2. The number of rotatable bonds is 6. The molecular formula is C25H25FN4O3S. The van der Waals surface area contributed by atoms with Crippen molar-refractivity contribution < 1.29 is 18.4 Å². The van der Waals surface area contributed by atoms with Gasteiger partial charge in [0, 0.05) is 22.8 Å². The van der Waals surface area contributed by atoms with Gasteiger partial charge in [0.2, 0.25) is 5.82 Å². The first-order valence-corrected chi connectivity index (χ1v) is 12.4. The van der Waals surface area contributed by atoms with Gasteiger partial charge in [0.25, 0.3) is 5.89 Å². The van der Waals surface area contributed by atoms with E-state index in [1.54, 1.807) is 28.8 Å². The normalized spacial score (nSPS) is 20.7. The van der Waals surface area contributed by atoms with Crippen LogP contribution in [0, 0.1) is 5.82 Å². The number of halogens is 1. The van der Waals surface area contributed by atoms with Crippen LogP contribution in [0.1, 0.15) is 37.3 Å². The topological polar surface area (TPSA) is 80.5 Å². The highest BCUT2D eigenvalue weighted by Gasteiger charge is 2.37. The summed E-state index contributed by atoms with van der Waals surface area (Å²) < 4.78 is 25.1. The molecule has 1 N–H and O–H groups in total. The second kappa shape index (κ2) is 9.60. The van der Waals surface area contributed by atoms with Crippen molar-refractivity contribution in [1.82, 2.24) is 20.4 Å². The molecule has 2 aliphatic heterocycles. The highest BCUT2D eigenvalue weighted by Crippen LogP contribution is 2.38. The van der Waals surface area contributed by atoms with Crippen LogP contribution in [0.15, 0.2) is 63.6 Å². The molecule has 1 aromatic heterocycles. The summed E-state index contributed by atoms with van der Waals surface area (Å²) in [5.74, 6) is 0.429. The number of aromatic nitrogens is 2. The van der Waals surface area contributed by atoms with Crippen LogP contribution in [0.2, 0.25) is 0 Å². The zero-order valence-electron chi connectivity index (χ0n) is 19.0. The SMILES string of the molecule is CSc1ccc(-c2noc(C3=C(C)N(CC4CCCO4)C(=O)NC3c3ccc(F)cc3)n2)cc1. The first-order chi connectivity index (χ1) is 16.5. The summed E-state index contributed by atoms with van der Waals surface area (Å²) >= 11 is 1.66. The summed E-state index contributed by atoms with van der Waals surface area (Å²) in [6.45, 7) is 3.02. The number of ether oxygens (including phenoxy) is 1. The van der Waals surface area contributed by atoms with E-state index in [-0.39, 0.29) is 18.0 Å². The van der Waals surface area contributed by atoms with Crippen molar-refractivity contribution >= 4 is 23.4 Å². The number of allylic oxidation sites excluding steroid dienone is 1. The third kappa shape index (κ3) is 4.45. The number of nitrogens with one attached hydrogen (secondary N) is 1. The molecule has 34 heavy (non-hydrogen) atoms. The Bertz CT molecular complexity index is 1200. The van der Waals surface area contributed by atoms with E-state index in [4.69, 9.17) is 9.26 Å². The second-order valence-corrected chi connectivity index (χ2v) is 9.21. The summed E-state index contributed by atoms with van der Waals surface area (Å²) in [6.07, 6.45) is 3.89. The van der Waals surface area contributed by atoms with E-state index < -0.39 is 6.04 Å². The minimum Gasteiger partial charge on any atom is -0.376 e. The number of hydrogen-bond donors (Lipinski definition) is 1. The summed E-state index contributed by atoms with van der Waals surface area (Å²) in [5, 5.41) is 7.24. The molecule has 1 fully saturated rings. The number of carbonyl (C=O) groups excluding carboxylic acids is 1. The van der Waals surface area contributed by atoms with Crippen LogP contribution < -0.4 is 5.32 Å². The predicted octanol–water partition coefficient (Wildman–Crippen LogP) is 5.27. The van der Waals surface area contributed by atoms with Crippen molar-refractivity contribution in [2.24, 2.45) is 0 Å². The molecule has 9 heteroatoms. The maximum absolute atomic E-state index is 13.6. The number of nitrogens with zero attached hydrogens (tertiary/aromatic N) is 3. The zero-order valence-corrected chi connectivity index (χ0v) is 19.8. The maximum atomic E-state index is 13.6. The Kier molecular flexibility index (Phi) is 6.38. The lowest BCUT2D eigenvalue weighted by atomic mass is 9.94. The average molecular weight is 481 g/mol. The zero-order chi connectivity index (χ0) is 23.7. The summed E-state index contributed by atoms with van der Waals surface area (Å²) in [4.78, 5) is 20.6. The summed E-state index contributed by atoms with van der Waals surface area (Å²) in [6, 6.07) is 13.2. The van der Waals surface area contributed by atoms with Gasteiger partial charge < -0.3 is 14.6 Å². The van der Waals surface area contributed by atoms with E-state index in [0.29, 0.717) is 36.1 Å². The van der Waals surface area contributed by atoms with Gasteiger partial charge in [0.1, 0.15) is 5.82 Å². The number of hydrogen-bond acceptors (Lipinski definition) is 6. The molecule has 0 bridgehead atoms. The fourth-order valence-electron chi connectivity index (χ4n) is 4.37. The van der Waals surface area contributed by atoms with Gasteiger partial charge in [0.15, 0.2) is 0 Å². The number of carbonyl (C=O) groups is 1. The van der Waals surface area contributed by atoms with Crippen molar-refractivity contribution in [3.8, 4) is 11.4 Å². The van der Waals surface area contributed by atoms with E-state index in [9.17, 15) is 9.18 Å². The van der Waals surface area contributed by atoms with Crippen molar-refractivity contribution in [3.63, 3.8) is 0 Å². The number of urea groups is 1. The molecule has 3 heterocycles. The van der Waals surface area contributed by atoms with Gasteiger partial charge in [-0.15, -0.1) is 11.8 Å². The molecule has 2 aromatic carbocycles. The van der Waals surface area contributed by atoms with Crippen LogP contribution >= 0.6 is 11.8 Å². The molecule has 2 aliphatic rings. The van der Waals surface area contributed by atoms with Gasteiger partial charge in [-0.05, 0) is 68.0 Å². The molecule has 0 radical (unpaired) electrons. The van der Waals surface area contributed by atoms with E-state index in [1.165, 1.54) is 12.1 Å². The molecule has 5 rings (SSSR count). The minimum atomic E-state index is -0.555. The van der Waals surface area contributed by atoms with Gasteiger partial charge in [-0.2, -0.15) is 4.98 Å². The van der Waals surface area contributed by atoms with Crippen LogP contribution in [0.25, 0.3) is 17.0 Å². The van der Waals surface area contributed by atoms with Crippen LogP contribution in [0.5, 0.6) is 0 Å². The van der Waals surface area contributed by atoms with E-state index in [0.717, 1.165) is 28.9 Å². The molecule has 176 valence electrons. The summed E-state index contributed by atoms with van der Waals surface area (Å²) in [7, 11) is 0. The van der Waals surface area contributed by atoms with Crippen LogP contribution in [-0.2, 0) is 4.74 Å². The molecule has 3 aromatic rings. The molecular weight excluding hydrogens is 455 g/mol. The van der Waals surface area contributed by atoms with Gasteiger partial charge in [-0.25, -0.2) is 9.18 Å². The Morgan fingerprint density at radius 2 is 1.94 bits per heavy atom. The monoisotopic (exact) mass is 480 g/mol. The van der Waals surface area contributed by atoms with Crippen molar-refractivity contribution in [2.45, 2.75) is 36.8 Å². The van der Waals surface area contributed by atoms with Gasteiger partial charge >= 0.3 is 6.03 Å². The van der Waals surface area contributed by atoms with Gasteiger partial charge in [-0.1, -0.05) is 17.3 Å². The van der Waals surface area contributed by atoms with Crippen molar-refractivity contribution in [2.75, 3.05) is 19.4 Å². The molecule has 0 saturated carbocycles. The van der Waals surface area contributed by atoms with Crippen LogP contribution in [-0.4, -0.2) is 46.6 Å². The smallest absolute Gasteiger partial charge is 0.322 e. The molecule has 7 nitrogen and oxygen atoms in total. The fourth-order valence-corrected chi connectivity index (χ4v) is 4.77. The largest absolute Gasteiger partial charge is 0.376 e. The Hall–Kier alpha value is -3.17. The Labute approximate surface area is 201 Å². The third-order valence-electron chi connectivity index (χ3n) is 6.21. The highest BCUT2D eigenvalue weighted by atomic mass is 32.2. The lowest BCUT2D eigenvalue weighted by Crippen LogP contribution is -2.48. The Morgan fingerprint density at radius 1 is 1.18 bits per heavy atom. The molecule has 2 amide bonds. The fraction of sp³-hybridized carbons (Fsp3) is 0.320. The minimum absolute atomic E-state index is 0.0162. The Morgan fingerprint density at radius 3 is 2.62 bits per heavy atom. The lowest BCUT2D eigenvalue weighted by Gasteiger charge is -2.36. The van der Waals surface area contributed by atoms with Gasteiger partial charge in [-0.3, -0.25) is 4.90 Å². The average Bonchev–Trinajstić information content (AvgIpc) is 3.54. The first-order valence-electron chi connectivity index (χ1n) is 11.2. The second-order valence-electron chi connectivity index (χ2n) is 8.33. The van der Waals surface area contributed by atoms with Crippen molar-refractivity contribution in [3.05, 3.63) is 71.5 Å². The van der Waals surface area contributed by atoms with E-state index in [1.807, 2.05) is 37.4 Å². The quantitative estimate of drug-likeness (QED) is 0.484. The third-order valence-corrected chi connectivity index (χ3v) is 6.96. The van der Waals surface area contributed by atoms with Crippen LogP contribution in [0.4, 0.5) is 9.18 Å². The Balaban J connectivity index is 1.55. The number of thioether (sulfide) groups is 1. The van der Waals surface area contributed by atoms with Crippen LogP contribution in [0.3, 0.4) is 0 Å². The maximum Gasteiger partial charge on any atom is 0.322 e. The van der Waals surface area contributed by atoms with Crippen molar-refractivity contribution in [1.29, 1.82) is 0 Å².